The maximum Gasteiger partial charge on any atom is 0.228 e. The van der Waals surface area contributed by atoms with Crippen molar-refractivity contribution in [2.45, 2.75) is 13.3 Å². The summed E-state index contributed by atoms with van der Waals surface area (Å²) in [6, 6.07) is 13.1. The predicted molar refractivity (Wildman–Crippen MR) is 89.2 cm³/mol. The lowest BCUT2D eigenvalue weighted by Crippen LogP contribution is -2.14. The Bertz CT molecular complexity index is 854. The van der Waals surface area contributed by atoms with Gasteiger partial charge >= 0.3 is 0 Å². The second-order valence-corrected chi connectivity index (χ2v) is 5.71. The molecule has 0 aliphatic rings. The zero-order valence-corrected chi connectivity index (χ0v) is 13.2. The zero-order chi connectivity index (χ0) is 15.7. The van der Waals surface area contributed by atoms with Gasteiger partial charge < -0.3 is 9.88 Å². The first kappa shape index (κ1) is 14.6. The molecule has 4 nitrogen and oxygen atoms in total. The molecule has 1 N–H and O–H groups in total. The van der Waals surface area contributed by atoms with Gasteiger partial charge in [-0.05, 0) is 42.8 Å². The van der Waals surface area contributed by atoms with Crippen LogP contribution in [0.4, 0.5) is 5.69 Å². The maximum atomic E-state index is 12.1. The summed E-state index contributed by atoms with van der Waals surface area (Å²) in [5, 5.41) is 3.53. The number of fused-ring (bicyclic) bond motifs is 1. The third-order valence-electron chi connectivity index (χ3n) is 3.64. The number of carbonyl (C=O) groups excluding carboxylic acids is 1. The van der Waals surface area contributed by atoms with Crippen LogP contribution in [0.15, 0.2) is 42.5 Å². The van der Waals surface area contributed by atoms with Crippen molar-refractivity contribution in [3.8, 4) is 0 Å². The Labute approximate surface area is 133 Å². The van der Waals surface area contributed by atoms with Crippen LogP contribution in [-0.4, -0.2) is 15.5 Å². The molecule has 1 aromatic heterocycles. The highest BCUT2D eigenvalue weighted by Gasteiger charge is 2.08. The minimum absolute atomic E-state index is 0.0748. The highest BCUT2D eigenvalue weighted by atomic mass is 35.5. The molecule has 0 bridgehead atoms. The fourth-order valence-corrected chi connectivity index (χ4v) is 2.65. The van der Waals surface area contributed by atoms with E-state index in [-0.39, 0.29) is 5.91 Å². The molecule has 1 amide bonds. The normalized spacial score (nSPS) is 10.9. The largest absolute Gasteiger partial charge is 0.331 e. The molecular formula is C17H16ClN3O. The number of nitrogens with zero attached hydrogens (tertiary/aromatic N) is 2. The number of imidazole rings is 1. The van der Waals surface area contributed by atoms with Crippen molar-refractivity contribution in [2.75, 3.05) is 5.32 Å². The number of benzene rings is 2. The van der Waals surface area contributed by atoms with Crippen LogP contribution in [0.25, 0.3) is 11.0 Å². The van der Waals surface area contributed by atoms with E-state index < -0.39 is 0 Å². The van der Waals surface area contributed by atoms with Crippen LogP contribution in [0.1, 0.15) is 11.4 Å². The fraction of sp³-hybridized carbons (Fsp3) is 0.176. The average molecular weight is 314 g/mol. The van der Waals surface area contributed by atoms with Gasteiger partial charge in [0.1, 0.15) is 5.82 Å². The minimum Gasteiger partial charge on any atom is -0.331 e. The van der Waals surface area contributed by atoms with Crippen molar-refractivity contribution in [1.29, 1.82) is 0 Å². The van der Waals surface area contributed by atoms with Crippen LogP contribution in [0.3, 0.4) is 0 Å². The van der Waals surface area contributed by atoms with Gasteiger partial charge in [0.05, 0.1) is 17.5 Å². The van der Waals surface area contributed by atoms with Crippen molar-refractivity contribution < 1.29 is 4.79 Å². The van der Waals surface area contributed by atoms with Crippen molar-refractivity contribution in [2.24, 2.45) is 7.05 Å². The van der Waals surface area contributed by atoms with Crippen molar-refractivity contribution >= 4 is 34.2 Å². The topological polar surface area (TPSA) is 46.9 Å². The number of aromatic nitrogens is 2. The van der Waals surface area contributed by atoms with E-state index in [0.717, 1.165) is 28.1 Å². The van der Waals surface area contributed by atoms with Gasteiger partial charge in [0.15, 0.2) is 0 Å². The third-order valence-corrected chi connectivity index (χ3v) is 3.88. The van der Waals surface area contributed by atoms with Crippen molar-refractivity contribution in [3.63, 3.8) is 0 Å². The Morgan fingerprint density at radius 1 is 1.27 bits per heavy atom. The molecule has 0 unspecified atom stereocenters. The summed E-state index contributed by atoms with van der Waals surface area (Å²) >= 11 is 5.93. The van der Waals surface area contributed by atoms with Gasteiger partial charge in [-0.25, -0.2) is 4.98 Å². The highest BCUT2D eigenvalue weighted by molar-refractivity contribution is 6.30. The molecule has 0 fully saturated rings. The molecule has 0 spiro atoms. The molecule has 0 aliphatic carbocycles. The van der Waals surface area contributed by atoms with Crippen LogP contribution in [0.5, 0.6) is 0 Å². The molecule has 22 heavy (non-hydrogen) atoms. The summed E-state index contributed by atoms with van der Waals surface area (Å²) in [5.74, 6) is 0.867. The van der Waals surface area contributed by atoms with Crippen LogP contribution < -0.4 is 5.32 Å². The summed E-state index contributed by atoms with van der Waals surface area (Å²) in [6.45, 7) is 1.96. The minimum atomic E-state index is -0.0748. The Kier molecular flexibility index (Phi) is 3.86. The molecular weight excluding hydrogens is 298 g/mol. The molecule has 0 aliphatic heterocycles. The van der Waals surface area contributed by atoms with Gasteiger partial charge in [0.2, 0.25) is 5.91 Å². The smallest absolute Gasteiger partial charge is 0.228 e. The number of hydrogen-bond acceptors (Lipinski definition) is 2. The summed E-state index contributed by atoms with van der Waals surface area (Å²) in [5.41, 5.74) is 3.56. The van der Waals surface area contributed by atoms with Gasteiger partial charge in [0, 0.05) is 17.8 Å². The van der Waals surface area contributed by atoms with Gasteiger partial charge in [-0.15, -0.1) is 0 Å². The van der Waals surface area contributed by atoms with E-state index in [9.17, 15) is 4.79 Å². The molecule has 3 aromatic rings. The Balaban J connectivity index is 1.76. The number of hydrogen-bond donors (Lipinski definition) is 1. The number of rotatable bonds is 3. The lowest BCUT2D eigenvalue weighted by Gasteiger charge is -2.06. The van der Waals surface area contributed by atoms with E-state index in [1.54, 1.807) is 12.1 Å². The van der Waals surface area contributed by atoms with Gasteiger partial charge in [-0.1, -0.05) is 23.7 Å². The molecule has 0 saturated heterocycles. The van der Waals surface area contributed by atoms with Crippen LogP contribution in [-0.2, 0) is 18.3 Å². The molecule has 3 rings (SSSR count). The molecule has 0 saturated carbocycles. The summed E-state index contributed by atoms with van der Waals surface area (Å²) in [6.07, 6.45) is 0.292. The van der Waals surface area contributed by atoms with E-state index >= 15 is 0 Å². The maximum absolute atomic E-state index is 12.1. The second-order valence-electron chi connectivity index (χ2n) is 5.28. The van der Waals surface area contributed by atoms with E-state index in [1.807, 2.05) is 48.9 Å². The highest BCUT2D eigenvalue weighted by Crippen LogP contribution is 2.19. The lowest BCUT2D eigenvalue weighted by molar-refractivity contribution is -0.115. The van der Waals surface area contributed by atoms with Crippen LogP contribution in [0.2, 0.25) is 5.02 Å². The standard InChI is InChI=1S/C17H16ClN3O/c1-11-19-15-10-14(6-7-16(15)21(11)2)20-17(22)9-12-4-3-5-13(18)8-12/h3-8,10H,9H2,1-2H3,(H,20,22). The predicted octanol–water partition coefficient (Wildman–Crippen LogP) is 3.72. The first-order chi connectivity index (χ1) is 10.5. The van der Waals surface area contributed by atoms with Crippen molar-refractivity contribution in [1.82, 2.24) is 9.55 Å². The monoisotopic (exact) mass is 313 g/mol. The third kappa shape index (κ3) is 2.97. The molecule has 0 radical (unpaired) electrons. The van der Waals surface area contributed by atoms with Gasteiger partial charge in [-0.2, -0.15) is 0 Å². The van der Waals surface area contributed by atoms with Crippen LogP contribution in [0, 0.1) is 6.92 Å². The Hall–Kier alpha value is -2.33. The van der Waals surface area contributed by atoms with Gasteiger partial charge in [0.25, 0.3) is 0 Å². The summed E-state index contributed by atoms with van der Waals surface area (Å²) < 4.78 is 2.02. The number of carbonyl (C=O) groups is 1. The SMILES string of the molecule is Cc1nc2cc(NC(=O)Cc3cccc(Cl)c3)ccc2n1C. The molecule has 0 atom stereocenters. The lowest BCUT2D eigenvalue weighted by atomic mass is 10.1. The Morgan fingerprint density at radius 2 is 2.09 bits per heavy atom. The van der Waals surface area contributed by atoms with E-state index in [2.05, 4.69) is 10.3 Å². The fourth-order valence-electron chi connectivity index (χ4n) is 2.44. The van der Waals surface area contributed by atoms with Crippen LogP contribution >= 0.6 is 11.6 Å². The van der Waals surface area contributed by atoms with Gasteiger partial charge in [-0.3, -0.25) is 4.79 Å². The average Bonchev–Trinajstić information content (AvgIpc) is 2.73. The summed E-state index contributed by atoms with van der Waals surface area (Å²) in [7, 11) is 1.97. The molecule has 112 valence electrons. The number of nitrogens with one attached hydrogen (secondary N) is 1. The first-order valence-electron chi connectivity index (χ1n) is 7.00. The number of aryl methyl sites for hydroxylation is 2. The second kappa shape index (κ2) is 5.81. The number of anilines is 1. The van der Waals surface area contributed by atoms with E-state index in [1.165, 1.54) is 0 Å². The number of halogens is 1. The number of amides is 1. The Morgan fingerprint density at radius 3 is 2.86 bits per heavy atom. The zero-order valence-electron chi connectivity index (χ0n) is 12.4. The first-order valence-corrected chi connectivity index (χ1v) is 7.38. The van der Waals surface area contributed by atoms with Crippen molar-refractivity contribution in [3.05, 3.63) is 58.9 Å². The molecule has 1 heterocycles. The quantitative estimate of drug-likeness (QED) is 0.801. The molecule has 5 heteroatoms. The summed E-state index contributed by atoms with van der Waals surface area (Å²) in [4.78, 5) is 16.6. The van der Waals surface area contributed by atoms with E-state index in [0.29, 0.717) is 11.4 Å². The molecule has 2 aromatic carbocycles. The van der Waals surface area contributed by atoms with E-state index in [4.69, 9.17) is 11.6 Å².